The molecule has 0 aliphatic carbocycles. The summed E-state index contributed by atoms with van der Waals surface area (Å²) in [6, 6.07) is 0. The Morgan fingerprint density at radius 2 is 2.42 bits per heavy atom. The van der Waals surface area contributed by atoms with Crippen molar-refractivity contribution in [3.8, 4) is 0 Å². The van der Waals surface area contributed by atoms with Crippen LogP contribution >= 0.6 is 0 Å². The molecule has 2 heterocycles. The van der Waals surface area contributed by atoms with Gasteiger partial charge < -0.3 is 10.4 Å². The van der Waals surface area contributed by atoms with Gasteiger partial charge in [-0.1, -0.05) is 0 Å². The summed E-state index contributed by atoms with van der Waals surface area (Å²) in [5, 5.41) is 11.7. The number of nitrogens with one attached hydrogen (secondary N) is 2. The van der Waals surface area contributed by atoms with Gasteiger partial charge >= 0.3 is 5.69 Å². The van der Waals surface area contributed by atoms with E-state index in [9.17, 15) is 4.79 Å². The van der Waals surface area contributed by atoms with Crippen molar-refractivity contribution in [2.75, 3.05) is 5.32 Å². The first-order valence-corrected chi connectivity index (χ1v) is 3.34. The molecule has 6 heteroatoms. The van der Waals surface area contributed by atoms with Crippen molar-refractivity contribution < 1.29 is 5.11 Å². The van der Waals surface area contributed by atoms with Crippen LogP contribution in [0.25, 0.3) is 0 Å². The molecule has 0 amide bonds. The van der Waals surface area contributed by atoms with Crippen LogP contribution in [0.1, 0.15) is 0 Å². The zero-order valence-corrected chi connectivity index (χ0v) is 5.98. The summed E-state index contributed by atoms with van der Waals surface area (Å²) >= 11 is 0. The Labute approximate surface area is 67.0 Å². The van der Waals surface area contributed by atoms with E-state index in [1.807, 2.05) is 0 Å². The van der Waals surface area contributed by atoms with Gasteiger partial charge in [0.2, 0.25) is 0 Å². The summed E-state index contributed by atoms with van der Waals surface area (Å²) in [6.45, 7) is 0. The van der Waals surface area contributed by atoms with Crippen molar-refractivity contribution in [1.82, 2.24) is 9.97 Å². The molecule has 1 atom stereocenters. The number of aliphatic hydroxyl groups is 1. The van der Waals surface area contributed by atoms with E-state index in [4.69, 9.17) is 5.11 Å². The van der Waals surface area contributed by atoms with Gasteiger partial charge in [0.15, 0.2) is 12.0 Å². The third kappa shape index (κ3) is 1.08. The quantitative estimate of drug-likeness (QED) is 0.471. The Hall–Kier alpha value is -1.69. The van der Waals surface area contributed by atoms with Crippen LogP contribution in [0.3, 0.4) is 0 Å². The molecule has 1 aliphatic heterocycles. The average molecular weight is 166 g/mol. The van der Waals surface area contributed by atoms with Crippen LogP contribution in [-0.2, 0) is 0 Å². The molecular formula is C6H6N4O2. The highest BCUT2D eigenvalue weighted by Gasteiger charge is 2.11. The van der Waals surface area contributed by atoms with Crippen molar-refractivity contribution in [3.63, 3.8) is 0 Å². The summed E-state index contributed by atoms with van der Waals surface area (Å²) in [7, 11) is 0. The molecule has 62 valence electrons. The fraction of sp³-hybridized carbons (Fsp3) is 0.167. The van der Waals surface area contributed by atoms with Gasteiger partial charge in [0.1, 0.15) is 0 Å². The molecule has 2 rings (SSSR count). The number of rotatable bonds is 0. The number of nitrogens with zero attached hydrogens (tertiary/aromatic N) is 2. The maximum Gasteiger partial charge on any atom is 0.346 e. The second-order valence-electron chi connectivity index (χ2n) is 2.32. The summed E-state index contributed by atoms with van der Waals surface area (Å²) < 4.78 is 0. The van der Waals surface area contributed by atoms with E-state index in [1.165, 1.54) is 12.4 Å². The van der Waals surface area contributed by atoms with Crippen LogP contribution in [-0.4, -0.2) is 27.5 Å². The molecule has 1 aromatic heterocycles. The molecule has 1 aliphatic rings. The molecule has 3 N–H and O–H groups in total. The van der Waals surface area contributed by atoms with Crippen LogP contribution in [0.5, 0.6) is 0 Å². The SMILES string of the molecule is O=c1ncc2c([nH]1)N=CC(O)N2. The lowest BCUT2D eigenvalue weighted by atomic mass is 10.4. The van der Waals surface area contributed by atoms with E-state index in [-0.39, 0.29) is 0 Å². The lowest BCUT2D eigenvalue weighted by Gasteiger charge is -2.14. The van der Waals surface area contributed by atoms with Crippen molar-refractivity contribution in [2.45, 2.75) is 6.23 Å². The van der Waals surface area contributed by atoms with E-state index in [0.717, 1.165) is 0 Å². The minimum atomic E-state index is -0.815. The smallest absolute Gasteiger partial charge is 0.346 e. The maximum absolute atomic E-state index is 10.7. The van der Waals surface area contributed by atoms with Crippen LogP contribution in [0.15, 0.2) is 16.0 Å². The van der Waals surface area contributed by atoms with E-state index >= 15 is 0 Å². The second-order valence-corrected chi connectivity index (χ2v) is 2.32. The highest BCUT2D eigenvalue weighted by atomic mass is 16.3. The average Bonchev–Trinajstić information content (AvgIpc) is 2.05. The fourth-order valence-electron chi connectivity index (χ4n) is 0.934. The standard InChI is InChI=1S/C6H6N4O2/c11-4-2-7-5-3(9-4)1-8-6(12)10-5/h1-2,4,9,11H,(H,8,10,12). The number of aromatic amines is 1. The van der Waals surface area contributed by atoms with Crippen LogP contribution < -0.4 is 11.0 Å². The molecule has 1 aromatic rings. The Bertz CT molecular complexity index is 383. The summed E-state index contributed by atoms with van der Waals surface area (Å²) in [5.74, 6) is 0.389. The molecule has 0 bridgehead atoms. The van der Waals surface area contributed by atoms with Gasteiger partial charge in [0, 0.05) is 0 Å². The molecule has 0 radical (unpaired) electrons. The minimum Gasteiger partial charge on any atom is -0.369 e. The lowest BCUT2D eigenvalue weighted by molar-refractivity contribution is 0.274. The monoisotopic (exact) mass is 166 g/mol. The molecule has 6 nitrogen and oxygen atoms in total. The van der Waals surface area contributed by atoms with Gasteiger partial charge in [-0.05, 0) is 0 Å². The van der Waals surface area contributed by atoms with Gasteiger partial charge in [-0.25, -0.2) is 9.79 Å². The molecule has 0 fully saturated rings. The number of H-pyrrole nitrogens is 1. The van der Waals surface area contributed by atoms with E-state index < -0.39 is 11.9 Å². The van der Waals surface area contributed by atoms with Crippen LogP contribution in [0.2, 0.25) is 0 Å². The zero-order valence-electron chi connectivity index (χ0n) is 5.98. The van der Waals surface area contributed by atoms with Gasteiger partial charge in [-0.15, -0.1) is 0 Å². The molecular weight excluding hydrogens is 160 g/mol. The van der Waals surface area contributed by atoms with Gasteiger partial charge in [0.05, 0.1) is 18.1 Å². The molecule has 0 saturated heterocycles. The predicted octanol–water partition coefficient (Wildman–Crippen LogP) is -0.784. The van der Waals surface area contributed by atoms with E-state index in [2.05, 4.69) is 20.3 Å². The third-order valence-corrected chi connectivity index (χ3v) is 1.44. The van der Waals surface area contributed by atoms with Crippen molar-refractivity contribution in [1.29, 1.82) is 0 Å². The normalized spacial score (nSPS) is 19.9. The summed E-state index contributed by atoms with van der Waals surface area (Å²) in [4.78, 5) is 20.4. The van der Waals surface area contributed by atoms with Crippen molar-refractivity contribution in [2.24, 2.45) is 4.99 Å². The second kappa shape index (κ2) is 2.42. The maximum atomic E-state index is 10.7. The largest absolute Gasteiger partial charge is 0.369 e. The fourth-order valence-corrected chi connectivity index (χ4v) is 0.934. The van der Waals surface area contributed by atoms with Gasteiger partial charge in [-0.2, -0.15) is 4.98 Å². The number of hydrogen-bond donors (Lipinski definition) is 3. The van der Waals surface area contributed by atoms with Gasteiger partial charge in [0.25, 0.3) is 0 Å². The first kappa shape index (κ1) is 6.99. The van der Waals surface area contributed by atoms with Crippen LogP contribution in [0.4, 0.5) is 11.5 Å². The van der Waals surface area contributed by atoms with E-state index in [1.54, 1.807) is 0 Å². The van der Waals surface area contributed by atoms with Crippen molar-refractivity contribution in [3.05, 3.63) is 16.7 Å². The number of aliphatic imine (C=N–C) groups is 1. The zero-order chi connectivity index (χ0) is 8.55. The Morgan fingerprint density at radius 1 is 1.58 bits per heavy atom. The number of fused-ring (bicyclic) bond motifs is 1. The summed E-state index contributed by atoms with van der Waals surface area (Å²) in [5.41, 5.74) is 0.0636. The highest BCUT2D eigenvalue weighted by molar-refractivity contribution is 5.79. The Kier molecular flexibility index (Phi) is 1.41. The van der Waals surface area contributed by atoms with Gasteiger partial charge in [-0.3, -0.25) is 4.98 Å². The number of hydrogen-bond acceptors (Lipinski definition) is 5. The first-order chi connectivity index (χ1) is 5.75. The lowest BCUT2D eigenvalue weighted by Crippen LogP contribution is -2.24. The topological polar surface area (TPSA) is 90.4 Å². The molecule has 0 saturated carbocycles. The number of aliphatic hydroxyl groups excluding tert-OH is 1. The third-order valence-electron chi connectivity index (χ3n) is 1.44. The number of aromatic nitrogens is 2. The summed E-state index contributed by atoms with van der Waals surface area (Å²) in [6.07, 6.45) is 1.80. The minimum absolute atomic E-state index is 0.389. The highest BCUT2D eigenvalue weighted by Crippen LogP contribution is 2.21. The predicted molar refractivity (Wildman–Crippen MR) is 42.6 cm³/mol. The van der Waals surface area contributed by atoms with E-state index in [0.29, 0.717) is 11.5 Å². The first-order valence-electron chi connectivity index (χ1n) is 3.34. The van der Waals surface area contributed by atoms with Crippen LogP contribution in [0, 0.1) is 0 Å². The Balaban J connectivity index is 2.54. The molecule has 0 spiro atoms. The number of anilines is 1. The van der Waals surface area contributed by atoms with Crippen molar-refractivity contribution >= 4 is 17.7 Å². The Morgan fingerprint density at radius 3 is 3.25 bits per heavy atom. The molecule has 12 heavy (non-hydrogen) atoms. The molecule has 0 aromatic carbocycles. The molecule has 1 unspecified atom stereocenters.